The van der Waals surface area contributed by atoms with Gasteiger partial charge in [0, 0.05) is 26.4 Å². The Bertz CT molecular complexity index is 591. The van der Waals surface area contributed by atoms with Crippen LogP contribution < -0.4 is 10.1 Å². The van der Waals surface area contributed by atoms with Crippen molar-refractivity contribution in [3.63, 3.8) is 0 Å². The van der Waals surface area contributed by atoms with Crippen LogP contribution in [0.5, 0.6) is 5.75 Å². The van der Waals surface area contributed by atoms with Crippen molar-refractivity contribution in [2.75, 3.05) is 13.1 Å². The Labute approximate surface area is 134 Å². The molecule has 0 aromatic heterocycles. The van der Waals surface area contributed by atoms with E-state index in [1.165, 1.54) is 18.7 Å². The Balaban J connectivity index is 2.07. The highest BCUT2D eigenvalue weighted by atomic mass is 16.5. The number of fused-ring (bicyclic) bond motifs is 1. The highest BCUT2D eigenvalue weighted by Gasteiger charge is 2.35. The highest BCUT2D eigenvalue weighted by Crippen LogP contribution is 2.29. The zero-order valence-electron chi connectivity index (χ0n) is 13.1. The summed E-state index contributed by atoms with van der Waals surface area (Å²) in [7, 11) is 0. The fraction of sp³-hybridized carbons (Fsp3) is 0.438. The van der Waals surface area contributed by atoms with Crippen LogP contribution in [0.2, 0.25) is 0 Å². The average Bonchev–Trinajstić information content (AvgIpc) is 2.94. The van der Waals surface area contributed by atoms with Crippen molar-refractivity contribution < 1.29 is 24.2 Å². The second kappa shape index (κ2) is 7.13. The maximum absolute atomic E-state index is 12.7. The predicted molar refractivity (Wildman–Crippen MR) is 82.1 cm³/mol. The van der Waals surface area contributed by atoms with E-state index in [-0.39, 0.29) is 24.9 Å². The minimum atomic E-state index is -1.10. The molecule has 2 N–H and O–H groups in total. The molecule has 1 aromatic carbocycles. The maximum atomic E-state index is 12.7. The lowest BCUT2D eigenvalue weighted by molar-refractivity contribution is -0.152. The van der Waals surface area contributed by atoms with Crippen molar-refractivity contribution in [3.8, 4) is 5.75 Å². The van der Waals surface area contributed by atoms with Gasteiger partial charge < -0.3 is 20.1 Å². The van der Waals surface area contributed by atoms with Crippen LogP contribution in [0, 0.1) is 0 Å². The first-order valence-electron chi connectivity index (χ1n) is 7.42. The summed E-state index contributed by atoms with van der Waals surface area (Å²) < 4.78 is 5.64. The predicted octanol–water partition coefficient (Wildman–Crippen LogP) is 0.428. The minimum Gasteiger partial charge on any atom is -0.480 e. The summed E-state index contributed by atoms with van der Waals surface area (Å²) in [5, 5.41) is 11.8. The molecule has 0 saturated heterocycles. The van der Waals surface area contributed by atoms with Gasteiger partial charge in [-0.3, -0.25) is 9.59 Å². The number of rotatable bonds is 6. The lowest BCUT2D eigenvalue weighted by Gasteiger charge is -2.28. The largest absolute Gasteiger partial charge is 0.480 e. The molecule has 1 aliphatic heterocycles. The molecule has 0 saturated carbocycles. The molecule has 2 atom stereocenters. The number of amides is 2. The van der Waals surface area contributed by atoms with Gasteiger partial charge in [0.15, 0.2) is 6.10 Å². The molecule has 0 bridgehead atoms. The molecule has 2 amide bonds. The van der Waals surface area contributed by atoms with Crippen molar-refractivity contribution in [3.05, 3.63) is 29.8 Å². The Morgan fingerprint density at radius 2 is 2.09 bits per heavy atom. The molecular weight excluding hydrogens is 300 g/mol. The molecule has 1 aliphatic rings. The van der Waals surface area contributed by atoms with Crippen LogP contribution in [0.4, 0.5) is 0 Å². The Hall–Kier alpha value is -2.57. The Kier molecular flexibility index (Phi) is 5.20. The van der Waals surface area contributed by atoms with Crippen molar-refractivity contribution in [2.45, 2.75) is 32.4 Å². The van der Waals surface area contributed by atoms with Crippen LogP contribution >= 0.6 is 0 Å². The summed E-state index contributed by atoms with van der Waals surface area (Å²) in [6.07, 6.45) is -0.315. The summed E-state index contributed by atoms with van der Waals surface area (Å²) in [6.45, 7) is 3.11. The van der Waals surface area contributed by atoms with E-state index in [0.717, 1.165) is 5.56 Å². The van der Waals surface area contributed by atoms with Gasteiger partial charge in [0.25, 0.3) is 5.91 Å². The summed E-state index contributed by atoms with van der Waals surface area (Å²) in [4.78, 5) is 36.1. The first-order valence-corrected chi connectivity index (χ1v) is 7.42. The van der Waals surface area contributed by atoms with E-state index in [0.29, 0.717) is 12.2 Å². The third kappa shape index (κ3) is 4.00. The van der Waals surface area contributed by atoms with E-state index in [9.17, 15) is 19.5 Å². The summed E-state index contributed by atoms with van der Waals surface area (Å²) in [6, 6.07) is 6.35. The molecule has 124 valence electrons. The zero-order valence-corrected chi connectivity index (χ0v) is 13.1. The van der Waals surface area contributed by atoms with Gasteiger partial charge in [-0.05, 0) is 18.6 Å². The van der Waals surface area contributed by atoms with Gasteiger partial charge in [0.1, 0.15) is 11.8 Å². The quantitative estimate of drug-likeness (QED) is 0.792. The van der Waals surface area contributed by atoms with Crippen molar-refractivity contribution in [1.29, 1.82) is 0 Å². The van der Waals surface area contributed by atoms with Crippen LogP contribution in [0.3, 0.4) is 0 Å². The fourth-order valence-electron chi connectivity index (χ4n) is 2.49. The standard InChI is InChI=1S/C16H20N2O5/c1-10(16(21)22)18(8-7-17-11(2)19)15(20)14-9-12-5-3-4-6-13(12)23-14/h3-6,10,14H,7-9H2,1-2H3,(H,17,19)(H,21,22). The number of hydrogen-bond acceptors (Lipinski definition) is 4. The molecule has 2 rings (SSSR count). The summed E-state index contributed by atoms with van der Waals surface area (Å²) >= 11 is 0. The number of carboxylic acids is 1. The molecule has 7 heteroatoms. The minimum absolute atomic E-state index is 0.113. The molecule has 1 heterocycles. The third-order valence-corrected chi connectivity index (χ3v) is 3.76. The summed E-state index contributed by atoms with van der Waals surface area (Å²) in [5.41, 5.74) is 0.927. The van der Waals surface area contributed by atoms with Crippen molar-refractivity contribution >= 4 is 17.8 Å². The molecule has 0 fully saturated rings. The van der Waals surface area contributed by atoms with Crippen LogP contribution in [-0.4, -0.2) is 53.0 Å². The number of para-hydroxylation sites is 1. The fourth-order valence-corrected chi connectivity index (χ4v) is 2.49. The lowest BCUT2D eigenvalue weighted by Crippen LogP contribution is -2.51. The molecule has 0 spiro atoms. The number of hydrogen-bond donors (Lipinski definition) is 2. The van der Waals surface area contributed by atoms with Gasteiger partial charge in [-0.15, -0.1) is 0 Å². The second-order valence-electron chi connectivity index (χ2n) is 5.45. The number of ether oxygens (including phenoxy) is 1. The van der Waals surface area contributed by atoms with Gasteiger partial charge in [0.05, 0.1) is 0 Å². The average molecular weight is 320 g/mol. The first kappa shape index (κ1) is 16.8. The number of benzene rings is 1. The van der Waals surface area contributed by atoms with Gasteiger partial charge in [-0.25, -0.2) is 4.79 Å². The van der Waals surface area contributed by atoms with E-state index in [4.69, 9.17) is 4.74 Å². The van der Waals surface area contributed by atoms with E-state index in [2.05, 4.69) is 5.32 Å². The number of nitrogens with one attached hydrogen (secondary N) is 1. The van der Waals surface area contributed by atoms with E-state index in [1.807, 2.05) is 18.2 Å². The smallest absolute Gasteiger partial charge is 0.326 e. The maximum Gasteiger partial charge on any atom is 0.326 e. The molecule has 0 radical (unpaired) electrons. The summed E-state index contributed by atoms with van der Waals surface area (Å²) in [5.74, 6) is -1.07. The number of carbonyl (C=O) groups excluding carboxylic acids is 2. The van der Waals surface area contributed by atoms with Crippen LogP contribution in [0.15, 0.2) is 24.3 Å². The van der Waals surface area contributed by atoms with Crippen molar-refractivity contribution in [2.24, 2.45) is 0 Å². The first-order chi connectivity index (χ1) is 10.9. The molecule has 1 aromatic rings. The lowest BCUT2D eigenvalue weighted by atomic mass is 10.1. The molecule has 7 nitrogen and oxygen atoms in total. The van der Waals surface area contributed by atoms with Crippen molar-refractivity contribution in [1.82, 2.24) is 10.2 Å². The number of nitrogens with zero attached hydrogens (tertiary/aromatic N) is 1. The highest BCUT2D eigenvalue weighted by molar-refractivity contribution is 5.87. The molecule has 2 unspecified atom stereocenters. The van der Waals surface area contributed by atoms with Gasteiger partial charge in [-0.1, -0.05) is 18.2 Å². The van der Waals surface area contributed by atoms with Crippen LogP contribution in [0.25, 0.3) is 0 Å². The van der Waals surface area contributed by atoms with Crippen LogP contribution in [-0.2, 0) is 20.8 Å². The topological polar surface area (TPSA) is 95.9 Å². The number of carboxylic acid groups (broad SMARTS) is 1. The van der Waals surface area contributed by atoms with Gasteiger partial charge in [-0.2, -0.15) is 0 Å². The molecule has 23 heavy (non-hydrogen) atoms. The number of aliphatic carboxylic acids is 1. The van der Waals surface area contributed by atoms with E-state index >= 15 is 0 Å². The van der Waals surface area contributed by atoms with Gasteiger partial charge in [0.2, 0.25) is 5.91 Å². The van der Waals surface area contributed by atoms with Crippen LogP contribution in [0.1, 0.15) is 19.4 Å². The number of carbonyl (C=O) groups is 3. The van der Waals surface area contributed by atoms with E-state index in [1.54, 1.807) is 6.07 Å². The zero-order chi connectivity index (χ0) is 17.0. The van der Waals surface area contributed by atoms with E-state index < -0.39 is 18.1 Å². The molecule has 0 aliphatic carbocycles. The van der Waals surface area contributed by atoms with Gasteiger partial charge >= 0.3 is 5.97 Å². The third-order valence-electron chi connectivity index (χ3n) is 3.76. The Morgan fingerprint density at radius 3 is 2.70 bits per heavy atom. The Morgan fingerprint density at radius 1 is 1.39 bits per heavy atom. The normalized spacial score (nSPS) is 16.9. The molecular formula is C16H20N2O5. The SMILES string of the molecule is CC(=O)NCCN(C(=O)C1Cc2ccccc2O1)C(C)C(=O)O. The second-order valence-corrected chi connectivity index (χ2v) is 5.45. The monoisotopic (exact) mass is 320 g/mol.